The summed E-state index contributed by atoms with van der Waals surface area (Å²) in [6, 6.07) is 16.3. The summed E-state index contributed by atoms with van der Waals surface area (Å²) in [5.74, 6) is 0.988. The van der Waals surface area contributed by atoms with Crippen LogP contribution in [0.5, 0.6) is 5.75 Å². The normalized spacial score (nSPS) is 10.4. The van der Waals surface area contributed by atoms with Crippen LogP contribution in [0.25, 0.3) is 0 Å². The van der Waals surface area contributed by atoms with Crippen molar-refractivity contribution in [3.8, 4) is 5.75 Å². The lowest BCUT2D eigenvalue weighted by atomic mass is 10.0. The largest absolute Gasteiger partial charge is 0.493 e. The topological polar surface area (TPSA) is 12.5 Å². The maximum Gasteiger partial charge on any atom is 0.122 e. The van der Waals surface area contributed by atoms with Crippen molar-refractivity contribution in [2.24, 2.45) is 0 Å². The van der Waals surface area contributed by atoms with Crippen LogP contribution >= 0.6 is 24.0 Å². The molecule has 23 heavy (non-hydrogen) atoms. The Morgan fingerprint density at radius 2 is 1.65 bits per heavy atom. The van der Waals surface area contributed by atoms with Crippen molar-refractivity contribution in [2.45, 2.75) is 19.3 Å². The van der Waals surface area contributed by atoms with Gasteiger partial charge in [-0.2, -0.15) is 0 Å². The molecule has 0 spiro atoms. The van der Waals surface area contributed by atoms with Crippen LogP contribution in [-0.4, -0.2) is 32.1 Å². The summed E-state index contributed by atoms with van der Waals surface area (Å²) < 4.78 is 5.97. The lowest BCUT2D eigenvalue weighted by Gasteiger charge is -2.13. The summed E-state index contributed by atoms with van der Waals surface area (Å²) >= 11 is 5.94. The van der Waals surface area contributed by atoms with Gasteiger partial charge in [0.05, 0.1) is 6.61 Å². The third-order valence-corrected chi connectivity index (χ3v) is 3.79. The van der Waals surface area contributed by atoms with E-state index in [9.17, 15) is 0 Å². The van der Waals surface area contributed by atoms with Gasteiger partial charge in [-0.1, -0.05) is 41.9 Å². The van der Waals surface area contributed by atoms with Crippen LogP contribution in [0, 0.1) is 0 Å². The Labute approximate surface area is 150 Å². The van der Waals surface area contributed by atoms with Gasteiger partial charge in [-0.25, -0.2) is 0 Å². The Balaban J connectivity index is 0.00000264. The molecule has 0 radical (unpaired) electrons. The lowest BCUT2D eigenvalue weighted by Crippen LogP contribution is -2.13. The zero-order valence-electron chi connectivity index (χ0n) is 13.8. The third kappa shape index (κ3) is 7.26. The zero-order chi connectivity index (χ0) is 15.8. The SMILES string of the molecule is CN(C)CCCCOc1ccccc1Cc1ccc(Cl)cc1.Cl. The predicted octanol–water partition coefficient (Wildman–Crippen LogP) is 5.07. The molecule has 126 valence electrons. The average molecular weight is 354 g/mol. The Hall–Kier alpha value is -1.22. The van der Waals surface area contributed by atoms with E-state index in [1.165, 1.54) is 11.1 Å². The predicted molar refractivity (Wildman–Crippen MR) is 101 cm³/mol. The minimum atomic E-state index is 0. The zero-order valence-corrected chi connectivity index (χ0v) is 15.4. The highest BCUT2D eigenvalue weighted by atomic mass is 35.5. The molecule has 0 fully saturated rings. The van der Waals surface area contributed by atoms with Gasteiger partial charge >= 0.3 is 0 Å². The highest BCUT2D eigenvalue weighted by Crippen LogP contribution is 2.22. The van der Waals surface area contributed by atoms with Gasteiger partial charge in [0.2, 0.25) is 0 Å². The second kappa shape index (κ2) is 10.5. The van der Waals surface area contributed by atoms with Gasteiger partial charge < -0.3 is 9.64 Å². The Morgan fingerprint density at radius 1 is 0.957 bits per heavy atom. The number of nitrogens with zero attached hydrogens (tertiary/aromatic N) is 1. The molecule has 0 atom stereocenters. The number of ether oxygens (including phenoxy) is 1. The highest BCUT2D eigenvalue weighted by molar-refractivity contribution is 6.30. The number of hydrogen-bond acceptors (Lipinski definition) is 2. The second-order valence-corrected chi connectivity index (χ2v) is 6.21. The van der Waals surface area contributed by atoms with Gasteiger partial charge in [0.25, 0.3) is 0 Å². The number of rotatable bonds is 8. The van der Waals surface area contributed by atoms with Gasteiger partial charge in [-0.3, -0.25) is 0 Å². The molecule has 0 N–H and O–H groups in total. The van der Waals surface area contributed by atoms with Gasteiger partial charge in [0, 0.05) is 11.4 Å². The highest BCUT2D eigenvalue weighted by Gasteiger charge is 2.04. The van der Waals surface area contributed by atoms with Crippen molar-refractivity contribution in [3.63, 3.8) is 0 Å². The molecular formula is C19H25Cl2NO. The van der Waals surface area contributed by atoms with Crippen LogP contribution in [-0.2, 0) is 6.42 Å². The smallest absolute Gasteiger partial charge is 0.122 e. The molecular weight excluding hydrogens is 329 g/mol. The van der Waals surface area contributed by atoms with Gasteiger partial charge in [-0.05, 0) is 62.8 Å². The minimum Gasteiger partial charge on any atom is -0.493 e. The van der Waals surface area contributed by atoms with Crippen molar-refractivity contribution in [1.82, 2.24) is 4.90 Å². The number of para-hydroxylation sites is 1. The lowest BCUT2D eigenvalue weighted by molar-refractivity contribution is 0.291. The minimum absolute atomic E-state index is 0. The van der Waals surface area contributed by atoms with Crippen LogP contribution in [0.15, 0.2) is 48.5 Å². The first-order chi connectivity index (χ1) is 10.6. The standard InChI is InChI=1S/C19H24ClNO.ClH/c1-21(2)13-5-6-14-22-19-8-4-3-7-17(19)15-16-9-11-18(20)12-10-16;/h3-4,7-12H,5-6,13-15H2,1-2H3;1H. The molecule has 2 nitrogen and oxygen atoms in total. The van der Waals surface area contributed by atoms with E-state index in [2.05, 4.69) is 49.3 Å². The van der Waals surface area contributed by atoms with Crippen LogP contribution in [0.2, 0.25) is 5.02 Å². The summed E-state index contributed by atoms with van der Waals surface area (Å²) in [5.41, 5.74) is 2.46. The molecule has 2 aromatic carbocycles. The van der Waals surface area contributed by atoms with E-state index in [0.717, 1.165) is 43.2 Å². The van der Waals surface area contributed by atoms with Crippen molar-refractivity contribution < 1.29 is 4.74 Å². The molecule has 0 amide bonds. The van der Waals surface area contributed by atoms with Crippen molar-refractivity contribution >= 4 is 24.0 Å². The summed E-state index contributed by atoms with van der Waals surface area (Å²) in [4.78, 5) is 2.20. The summed E-state index contributed by atoms with van der Waals surface area (Å²) in [5, 5.41) is 0.772. The molecule has 4 heteroatoms. The number of halogens is 2. The maximum atomic E-state index is 5.97. The van der Waals surface area contributed by atoms with Crippen molar-refractivity contribution in [2.75, 3.05) is 27.2 Å². The van der Waals surface area contributed by atoms with E-state index in [0.29, 0.717) is 0 Å². The van der Waals surface area contributed by atoms with Gasteiger partial charge in [0.1, 0.15) is 5.75 Å². The van der Waals surface area contributed by atoms with E-state index in [4.69, 9.17) is 16.3 Å². The fraction of sp³-hybridized carbons (Fsp3) is 0.368. The second-order valence-electron chi connectivity index (χ2n) is 5.77. The fourth-order valence-electron chi connectivity index (χ4n) is 2.33. The Bertz CT molecular complexity index is 570. The van der Waals surface area contributed by atoms with Crippen LogP contribution < -0.4 is 4.74 Å². The van der Waals surface area contributed by atoms with Crippen molar-refractivity contribution in [1.29, 1.82) is 0 Å². The molecule has 0 saturated heterocycles. The molecule has 0 aliphatic rings. The molecule has 0 aliphatic carbocycles. The first-order valence-electron chi connectivity index (χ1n) is 7.75. The summed E-state index contributed by atoms with van der Waals surface area (Å²) in [6.07, 6.45) is 3.10. The number of unbranched alkanes of at least 4 members (excludes halogenated alkanes) is 1. The summed E-state index contributed by atoms with van der Waals surface area (Å²) in [6.45, 7) is 1.88. The quantitative estimate of drug-likeness (QED) is 0.614. The molecule has 0 heterocycles. The van der Waals surface area contributed by atoms with Crippen LogP contribution in [0.3, 0.4) is 0 Å². The average Bonchev–Trinajstić information content (AvgIpc) is 2.50. The maximum absolute atomic E-state index is 5.97. The summed E-state index contributed by atoms with van der Waals surface area (Å²) in [7, 11) is 4.20. The van der Waals surface area contributed by atoms with Gasteiger partial charge in [0.15, 0.2) is 0 Å². The first-order valence-corrected chi connectivity index (χ1v) is 8.13. The monoisotopic (exact) mass is 353 g/mol. The fourth-order valence-corrected chi connectivity index (χ4v) is 2.45. The van der Waals surface area contributed by atoms with E-state index >= 15 is 0 Å². The first kappa shape index (κ1) is 19.8. The number of hydrogen-bond donors (Lipinski definition) is 0. The van der Waals surface area contributed by atoms with Crippen molar-refractivity contribution in [3.05, 3.63) is 64.7 Å². The molecule has 0 aliphatic heterocycles. The third-order valence-electron chi connectivity index (χ3n) is 3.54. The van der Waals surface area contributed by atoms with E-state index in [1.54, 1.807) is 0 Å². The molecule has 2 aromatic rings. The van der Waals surface area contributed by atoms with Crippen LogP contribution in [0.4, 0.5) is 0 Å². The molecule has 0 saturated carbocycles. The van der Waals surface area contributed by atoms with E-state index < -0.39 is 0 Å². The van der Waals surface area contributed by atoms with Gasteiger partial charge in [-0.15, -0.1) is 12.4 Å². The molecule has 0 bridgehead atoms. The number of benzene rings is 2. The molecule has 2 rings (SSSR count). The Kier molecular flexibility index (Phi) is 9.08. The van der Waals surface area contributed by atoms with E-state index in [1.807, 2.05) is 18.2 Å². The molecule has 0 unspecified atom stereocenters. The molecule has 0 aromatic heterocycles. The van der Waals surface area contributed by atoms with Crippen LogP contribution in [0.1, 0.15) is 24.0 Å². The Morgan fingerprint density at radius 3 is 2.35 bits per heavy atom. The van der Waals surface area contributed by atoms with E-state index in [-0.39, 0.29) is 12.4 Å².